The van der Waals surface area contributed by atoms with Crippen LogP contribution < -0.4 is 14.2 Å². The molecule has 0 bridgehead atoms. The third-order valence-electron chi connectivity index (χ3n) is 6.90. The van der Waals surface area contributed by atoms with Crippen molar-refractivity contribution in [2.24, 2.45) is 5.92 Å². The Kier molecular flexibility index (Phi) is 4.82. The molecule has 3 aliphatic rings. The number of rotatable bonds is 3. The zero-order chi connectivity index (χ0) is 20.7. The first-order valence-corrected chi connectivity index (χ1v) is 10.7. The summed E-state index contributed by atoms with van der Waals surface area (Å²) in [4.78, 5) is 15.6. The van der Waals surface area contributed by atoms with E-state index in [9.17, 15) is 9.90 Å². The Hall–Kier alpha value is -2.73. The normalized spacial score (nSPS) is 27.5. The quantitative estimate of drug-likeness (QED) is 0.832. The van der Waals surface area contributed by atoms with Crippen LogP contribution in [0.15, 0.2) is 42.5 Å². The average Bonchev–Trinajstić information content (AvgIpc) is 3.25. The van der Waals surface area contributed by atoms with Crippen molar-refractivity contribution in [3.8, 4) is 17.2 Å². The number of amides is 1. The maximum Gasteiger partial charge on any atom is 0.258 e. The number of benzene rings is 2. The van der Waals surface area contributed by atoms with Crippen LogP contribution in [0.2, 0.25) is 0 Å². The molecule has 2 aromatic rings. The van der Waals surface area contributed by atoms with E-state index < -0.39 is 5.60 Å². The van der Waals surface area contributed by atoms with Gasteiger partial charge in [0.1, 0.15) is 5.75 Å². The first-order chi connectivity index (χ1) is 14.6. The largest absolute Gasteiger partial charge is 0.496 e. The molecule has 0 spiro atoms. The second kappa shape index (κ2) is 7.51. The maximum absolute atomic E-state index is 13.7. The second-order valence-corrected chi connectivity index (χ2v) is 8.46. The van der Waals surface area contributed by atoms with Crippen molar-refractivity contribution >= 4 is 5.91 Å². The number of aliphatic hydroxyl groups is 1. The predicted molar refractivity (Wildman–Crippen MR) is 111 cm³/mol. The third kappa shape index (κ3) is 3.10. The Morgan fingerprint density at radius 3 is 2.83 bits per heavy atom. The van der Waals surface area contributed by atoms with Gasteiger partial charge in [0.05, 0.1) is 24.3 Å². The van der Waals surface area contributed by atoms with Crippen LogP contribution in [0, 0.1) is 5.92 Å². The molecule has 1 saturated heterocycles. The van der Waals surface area contributed by atoms with E-state index in [4.69, 9.17) is 14.2 Å². The van der Waals surface area contributed by atoms with E-state index in [2.05, 4.69) is 0 Å². The number of piperidine rings is 1. The maximum atomic E-state index is 13.7. The topological polar surface area (TPSA) is 68.2 Å². The monoisotopic (exact) mass is 409 g/mol. The molecule has 2 fully saturated rings. The van der Waals surface area contributed by atoms with Crippen LogP contribution in [-0.4, -0.2) is 42.0 Å². The van der Waals surface area contributed by atoms with Crippen molar-refractivity contribution in [1.29, 1.82) is 0 Å². The van der Waals surface area contributed by atoms with Crippen LogP contribution in [0.1, 0.15) is 54.1 Å². The van der Waals surface area contributed by atoms with Crippen molar-refractivity contribution < 1.29 is 24.1 Å². The number of para-hydroxylation sites is 1. The fraction of sp³-hybridized carbons (Fsp3) is 0.458. The van der Waals surface area contributed by atoms with Crippen LogP contribution >= 0.6 is 0 Å². The first-order valence-electron chi connectivity index (χ1n) is 10.7. The standard InChI is InChI=1S/C24H27NO5/c1-28-19-8-3-2-6-17(19)23(26)25-13-12-24(27)11-5-4-7-18(24)22(25)16-9-10-20-21(14-16)30-15-29-20/h2-3,6,8-10,14,18,22,27H,4-5,7,11-13,15H2,1H3/t18-,22-,24-/m1/s1. The molecule has 1 N–H and O–H groups in total. The Bertz CT molecular complexity index is 960. The van der Waals surface area contributed by atoms with Crippen molar-refractivity contribution in [1.82, 2.24) is 4.90 Å². The Morgan fingerprint density at radius 1 is 1.13 bits per heavy atom. The smallest absolute Gasteiger partial charge is 0.258 e. The van der Waals surface area contributed by atoms with Crippen molar-refractivity contribution in [2.75, 3.05) is 20.4 Å². The number of carbonyl (C=O) groups is 1. The lowest BCUT2D eigenvalue weighted by Gasteiger charge is -2.52. The van der Waals surface area contributed by atoms with Gasteiger partial charge in [-0.05, 0) is 49.1 Å². The number of hydrogen-bond acceptors (Lipinski definition) is 5. The highest BCUT2D eigenvalue weighted by Gasteiger charge is 2.50. The summed E-state index contributed by atoms with van der Waals surface area (Å²) in [6.45, 7) is 0.712. The average molecular weight is 409 g/mol. The van der Waals surface area contributed by atoms with E-state index in [1.54, 1.807) is 13.2 Å². The number of likely N-dealkylation sites (tertiary alicyclic amines) is 1. The number of carbonyl (C=O) groups excluding carboxylic acids is 1. The number of fused-ring (bicyclic) bond motifs is 2. The van der Waals surface area contributed by atoms with Gasteiger partial charge < -0.3 is 24.2 Å². The molecule has 2 heterocycles. The molecule has 0 radical (unpaired) electrons. The van der Waals surface area contributed by atoms with Crippen LogP contribution in [0.3, 0.4) is 0 Å². The van der Waals surface area contributed by atoms with Gasteiger partial charge in [-0.1, -0.05) is 31.0 Å². The van der Waals surface area contributed by atoms with Crippen LogP contribution in [-0.2, 0) is 0 Å². The molecular weight excluding hydrogens is 382 g/mol. The SMILES string of the molecule is COc1ccccc1C(=O)N1CC[C@]2(O)CCCC[C@@H]2[C@H]1c1ccc2c(c1)OCO2. The fourth-order valence-corrected chi connectivity index (χ4v) is 5.40. The second-order valence-electron chi connectivity index (χ2n) is 8.46. The summed E-state index contributed by atoms with van der Waals surface area (Å²) < 4.78 is 16.5. The van der Waals surface area contributed by atoms with E-state index >= 15 is 0 Å². The lowest BCUT2D eigenvalue weighted by atomic mass is 9.66. The molecule has 1 saturated carbocycles. The van der Waals surface area contributed by atoms with E-state index in [0.717, 1.165) is 37.0 Å². The molecule has 158 valence electrons. The zero-order valence-electron chi connectivity index (χ0n) is 17.2. The highest BCUT2D eigenvalue weighted by Crippen LogP contribution is 2.51. The van der Waals surface area contributed by atoms with E-state index in [1.165, 1.54) is 0 Å². The van der Waals surface area contributed by atoms with E-state index in [-0.39, 0.29) is 24.7 Å². The van der Waals surface area contributed by atoms with Gasteiger partial charge in [-0.2, -0.15) is 0 Å². The Balaban J connectivity index is 1.57. The van der Waals surface area contributed by atoms with Gasteiger partial charge in [-0.15, -0.1) is 0 Å². The van der Waals surface area contributed by atoms with Crippen LogP contribution in [0.4, 0.5) is 0 Å². The summed E-state index contributed by atoms with van der Waals surface area (Å²) in [5.74, 6) is 1.90. The minimum absolute atomic E-state index is 0.0148. The summed E-state index contributed by atoms with van der Waals surface area (Å²) in [7, 11) is 1.58. The van der Waals surface area contributed by atoms with Gasteiger partial charge in [0.15, 0.2) is 11.5 Å². The highest BCUT2D eigenvalue weighted by atomic mass is 16.7. The van der Waals surface area contributed by atoms with Gasteiger partial charge in [0.2, 0.25) is 6.79 Å². The van der Waals surface area contributed by atoms with Crippen molar-refractivity contribution in [3.05, 3.63) is 53.6 Å². The number of nitrogens with zero attached hydrogens (tertiary/aromatic N) is 1. The Labute approximate surface area is 176 Å². The molecule has 6 nitrogen and oxygen atoms in total. The molecule has 1 aliphatic carbocycles. The highest BCUT2D eigenvalue weighted by molar-refractivity contribution is 5.97. The number of hydrogen-bond donors (Lipinski definition) is 1. The molecule has 5 rings (SSSR count). The minimum Gasteiger partial charge on any atom is -0.496 e. The summed E-state index contributed by atoms with van der Waals surface area (Å²) in [6, 6.07) is 13.0. The first kappa shape index (κ1) is 19.2. The fourth-order valence-electron chi connectivity index (χ4n) is 5.40. The van der Waals surface area contributed by atoms with Gasteiger partial charge in [0.25, 0.3) is 5.91 Å². The predicted octanol–water partition coefficient (Wildman–Crippen LogP) is 3.93. The summed E-state index contributed by atoms with van der Waals surface area (Å²) in [5.41, 5.74) is 0.788. The molecule has 2 aliphatic heterocycles. The Morgan fingerprint density at radius 2 is 1.97 bits per heavy atom. The lowest BCUT2D eigenvalue weighted by Crippen LogP contribution is -2.56. The van der Waals surface area contributed by atoms with Crippen molar-refractivity contribution in [3.63, 3.8) is 0 Å². The molecule has 3 atom stereocenters. The lowest BCUT2D eigenvalue weighted by molar-refractivity contribution is -0.115. The molecule has 6 heteroatoms. The van der Waals surface area contributed by atoms with E-state index in [1.807, 2.05) is 41.3 Å². The van der Waals surface area contributed by atoms with Gasteiger partial charge in [-0.25, -0.2) is 0 Å². The van der Waals surface area contributed by atoms with Crippen molar-refractivity contribution in [2.45, 2.75) is 43.7 Å². The molecular formula is C24H27NO5. The molecule has 1 amide bonds. The molecule has 30 heavy (non-hydrogen) atoms. The number of methoxy groups -OCH3 is 1. The van der Waals surface area contributed by atoms with Gasteiger partial charge in [0, 0.05) is 12.5 Å². The minimum atomic E-state index is -0.739. The molecule has 0 aromatic heterocycles. The molecule has 0 unspecified atom stereocenters. The molecule has 2 aromatic carbocycles. The van der Waals surface area contributed by atoms with E-state index in [0.29, 0.717) is 30.0 Å². The zero-order valence-corrected chi connectivity index (χ0v) is 17.2. The van der Waals surface area contributed by atoms with Gasteiger partial charge in [-0.3, -0.25) is 4.79 Å². The van der Waals surface area contributed by atoms with Crippen LogP contribution in [0.5, 0.6) is 17.2 Å². The third-order valence-corrected chi connectivity index (χ3v) is 6.90. The summed E-state index contributed by atoms with van der Waals surface area (Å²) in [5, 5.41) is 11.5. The summed E-state index contributed by atoms with van der Waals surface area (Å²) >= 11 is 0. The van der Waals surface area contributed by atoms with Crippen LogP contribution in [0.25, 0.3) is 0 Å². The number of ether oxygens (including phenoxy) is 3. The summed E-state index contributed by atoms with van der Waals surface area (Å²) in [6.07, 6.45) is 4.37. The van der Waals surface area contributed by atoms with Gasteiger partial charge >= 0.3 is 0 Å².